The van der Waals surface area contributed by atoms with Gasteiger partial charge in [-0.3, -0.25) is 14.9 Å². The lowest BCUT2D eigenvalue weighted by Crippen LogP contribution is -2.33. The van der Waals surface area contributed by atoms with Crippen LogP contribution in [0.15, 0.2) is 48.5 Å². The van der Waals surface area contributed by atoms with Crippen LogP contribution < -0.4 is 10.1 Å². The van der Waals surface area contributed by atoms with Gasteiger partial charge in [-0.15, -0.1) is 0 Å². The summed E-state index contributed by atoms with van der Waals surface area (Å²) in [5.41, 5.74) is 1.52. The minimum Gasteiger partial charge on any atom is -0.497 e. The highest BCUT2D eigenvalue weighted by atomic mass is 35.5. The summed E-state index contributed by atoms with van der Waals surface area (Å²) in [4.78, 5) is 23.6. The summed E-state index contributed by atoms with van der Waals surface area (Å²) in [6.45, 7) is 1.31. The topological polar surface area (TPSA) is 55.4 Å². The first-order chi connectivity index (χ1) is 10.5. The normalized spacial score (nSPS) is 11.6. The third-order valence-corrected chi connectivity index (χ3v) is 3.47. The van der Waals surface area contributed by atoms with Crippen molar-refractivity contribution in [2.75, 3.05) is 7.11 Å². The molecule has 0 aromatic heterocycles. The number of imide groups is 1. The van der Waals surface area contributed by atoms with Gasteiger partial charge in [0.05, 0.1) is 13.0 Å². The summed E-state index contributed by atoms with van der Waals surface area (Å²) < 4.78 is 5.12. The van der Waals surface area contributed by atoms with E-state index in [4.69, 9.17) is 16.3 Å². The largest absolute Gasteiger partial charge is 0.497 e. The molecular weight excluding hydrogens is 302 g/mol. The average Bonchev–Trinajstić information content (AvgIpc) is 2.49. The zero-order chi connectivity index (χ0) is 16.1. The molecule has 1 N–H and O–H groups in total. The molecule has 0 spiro atoms. The standard InChI is InChI=1S/C17H16ClNO3/c1-11(20)19-17(21)16(12-3-7-14(18)8-4-12)13-5-9-15(22-2)10-6-13/h3-10,16H,1-2H3,(H,19,20,21). The summed E-state index contributed by atoms with van der Waals surface area (Å²) in [6.07, 6.45) is 0. The highest BCUT2D eigenvalue weighted by Crippen LogP contribution is 2.27. The fraction of sp³-hybridized carbons (Fsp3) is 0.176. The van der Waals surface area contributed by atoms with E-state index in [-0.39, 0.29) is 5.91 Å². The molecule has 5 heteroatoms. The SMILES string of the molecule is COc1ccc(C(C(=O)NC(C)=O)c2ccc(Cl)cc2)cc1. The Morgan fingerprint density at radius 2 is 1.50 bits per heavy atom. The zero-order valence-electron chi connectivity index (χ0n) is 12.3. The van der Waals surface area contributed by atoms with Crippen molar-refractivity contribution in [1.29, 1.82) is 0 Å². The van der Waals surface area contributed by atoms with Crippen molar-refractivity contribution in [1.82, 2.24) is 5.32 Å². The van der Waals surface area contributed by atoms with Crippen molar-refractivity contribution in [2.24, 2.45) is 0 Å². The van der Waals surface area contributed by atoms with Gasteiger partial charge in [0.25, 0.3) is 0 Å². The van der Waals surface area contributed by atoms with Gasteiger partial charge in [-0.25, -0.2) is 0 Å². The van der Waals surface area contributed by atoms with Gasteiger partial charge >= 0.3 is 0 Å². The van der Waals surface area contributed by atoms with E-state index in [1.54, 1.807) is 55.6 Å². The fourth-order valence-corrected chi connectivity index (χ4v) is 2.32. The lowest BCUT2D eigenvalue weighted by atomic mass is 9.90. The molecule has 1 atom stereocenters. The van der Waals surface area contributed by atoms with Crippen LogP contribution in [0.25, 0.3) is 0 Å². The van der Waals surface area contributed by atoms with Gasteiger partial charge in [-0.05, 0) is 35.4 Å². The lowest BCUT2D eigenvalue weighted by Gasteiger charge is -2.17. The van der Waals surface area contributed by atoms with Crippen molar-refractivity contribution in [3.63, 3.8) is 0 Å². The molecule has 4 nitrogen and oxygen atoms in total. The second kappa shape index (κ2) is 7.09. The predicted octanol–water partition coefficient (Wildman–Crippen LogP) is 3.14. The number of hydrogen-bond donors (Lipinski definition) is 1. The molecular formula is C17H16ClNO3. The number of carbonyl (C=O) groups excluding carboxylic acids is 2. The molecule has 0 saturated carbocycles. The van der Waals surface area contributed by atoms with Gasteiger partial charge in [-0.2, -0.15) is 0 Å². The maximum Gasteiger partial charge on any atom is 0.238 e. The zero-order valence-corrected chi connectivity index (χ0v) is 13.1. The van der Waals surface area contributed by atoms with Crippen molar-refractivity contribution in [3.8, 4) is 5.75 Å². The number of methoxy groups -OCH3 is 1. The third-order valence-electron chi connectivity index (χ3n) is 3.21. The van der Waals surface area contributed by atoms with Crippen LogP contribution in [-0.2, 0) is 9.59 Å². The minimum atomic E-state index is -0.591. The molecule has 2 amide bonds. The van der Waals surface area contributed by atoms with Gasteiger partial charge in [0.15, 0.2) is 0 Å². The molecule has 22 heavy (non-hydrogen) atoms. The smallest absolute Gasteiger partial charge is 0.238 e. The van der Waals surface area contributed by atoms with Crippen LogP contribution in [0, 0.1) is 0 Å². The number of halogens is 1. The van der Waals surface area contributed by atoms with Gasteiger partial charge in [0.1, 0.15) is 5.75 Å². The number of benzene rings is 2. The molecule has 2 aromatic carbocycles. The van der Waals surface area contributed by atoms with Gasteiger partial charge in [0.2, 0.25) is 11.8 Å². The van der Waals surface area contributed by atoms with E-state index in [0.717, 1.165) is 11.1 Å². The minimum absolute atomic E-state index is 0.375. The Hall–Kier alpha value is -2.33. The van der Waals surface area contributed by atoms with E-state index in [1.807, 2.05) is 0 Å². The maximum atomic E-state index is 12.4. The fourth-order valence-electron chi connectivity index (χ4n) is 2.19. The van der Waals surface area contributed by atoms with Crippen LogP contribution in [0.5, 0.6) is 5.75 Å². The number of carbonyl (C=O) groups is 2. The van der Waals surface area contributed by atoms with E-state index in [1.165, 1.54) is 6.92 Å². The second-order valence-electron chi connectivity index (χ2n) is 4.80. The highest BCUT2D eigenvalue weighted by molar-refractivity contribution is 6.30. The Balaban J connectivity index is 2.41. The molecule has 0 aliphatic rings. The lowest BCUT2D eigenvalue weighted by molar-refractivity contribution is -0.129. The Morgan fingerprint density at radius 3 is 1.95 bits per heavy atom. The Labute approximate surface area is 134 Å². The predicted molar refractivity (Wildman–Crippen MR) is 85.1 cm³/mol. The van der Waals surface area contributed by atoms with Crippen LogP contribution in [0.4, 0.5) is 0 Å². The molecule has 0 radical (unpaired) electrons. The van der Waals surface area contributed by atoms with Gasteiger partial charge < -0.3 is 4.74 Å². The van der Waals surface area contributed by atoms with E-state index in [0.29, 0.717) is 10.8 Å². The Bertz CT molecular complexity index is 665. The van der Waals surface area contributed by atoms with Crippen LogP contribution in [-0.4, -0.2) is 18.9 Å². The molecule has 0 aliphatic carbocycles. The van der Waals surface area contributed by atoms with Crippen molar-refractivity contribution < 1.29 is 14.3 Å². The molecule has 0 aliphatic heterocycles. The van der Waals surface area contributed by atoms with Gasteiger partial charge in [0, 0.05) is 11.9 Å². The quantitative estimate of drug-likeness (QED) is 0.942. The average molecular weight is 318 g/mol. The molecule has 0 saturated heterocycles. The summed E-state index contributed by atoms with van der Waals surface area (Å²) in [5, 5.41) is 2.93. The first-order valence-corrected chi connectivity index (χ1v) is 7.10. The Morgan fingerprint density at radius 1 is 1.00 bits per heavy atom. The summed E-state index contributed by atoms with van der Waals surface area (Å²) >= 11 is 5.89. The van der Waals surface area contributed by atoms with Crippen LogP contribution in [0.2, 0.25) is 5.02 Å². The molecule has 0 heterocycles. The maximum absolute atomic E-state index is 12.4. The number of hydrogen-bond acceptors (Lipinski definition) is 3. The first-order valence-electron chi connectivity index (χ1n) is 6.72. The highest BCUT2D eigenvalue weighted by Gasteiger charge is 2.23. The Kier molecular flexibility index (Phi) is 5.17. The van der Waals surface area contributed by atoms with Crippen molar-refractivity contribution in [3.05, 3.63) is 64.7 Å². The molecule has 2 aromatic rings. The number of nitrogens with one attached hydrogen (secondary N) is 1. The van der Waals surface area contributed by atoms with Crippen LogP contribution in [0.1, 0.15) is 24.0 Å². The van der Waals surface area contributed by atoms with Crippen molar-refractivity contribution in [2.45, 2.75) is 12.8 Å². The van der Waals surface area contributed by atoms with Gasteiger partial charge in [-0.1, -0.05) is 35.9 Å². The van der Waals surface area contributed by atoms with E-state index in [9.17, 15) is 9.59 Å². The second-order valence-corrected chi connectivity index (χ2v) is 5.24. The number of ether oxygens (including phenoxy) is 1. The van der Waals surface area contributed by atoms with E-state index >= 15 is 0 Å². The summed E-state index contributed by atoms with van der Waals surface area (Å²) in [5.74, 6) is -0.657. The molecule has 114 valence electrons. The monoisotopic (exact) mass is 317 g/mol. The third kappa shape index (κ3) is 3.86. The number of amides is 2. The first kappa shape index (κ1) is 16.0. The summed E-state index contributed by atoms with van der Waals surface area (Å²) in [6, 6.07) is 14.1. The summed E-state index contributed by atoms with van der Waals surface area (Å²) in [7, 11) is 1.58. The van der Waals surface area contributed by atoms with E-state index < -0.39 is 11.8 Å². The van der Waals surface area contributed by atoms with Crippen molar-refractivity contribution >= 4 is 23.4 Å². The van der Waals surface area contributed by atoms with E-state index in [2.05, 4.69) is 5.32 Å². The van der Waals surface area contributed by atoms with Crippen LogP contribution in [0.3, 0.4) is 0 Å². The van der Waals surface area contributed by atoms with Crippen LogP contribution >= 0.6 is 11.6 Å². The molecule has 2 rings (SSSR count). The molecule has 0 bridgehead atoms. The molecule has 0 fully saturated rings. The number of rotatable bonds is 4. The molecule has 1 unspecified atom stereocenters.